The Morgan fingerprint density at radius 3 is 2.59 bits per heavy atom. The van der Waals surface area contributed by atoms with Gasteiger partial charge in [0, 0.05) is 63.5 Å². The third kappa shape index (κ3) is 3.35. The number of nitrogens with zero attached hydrogens (tertiary/aromatic N) is 5. The van der Waals surface area contributed by atoms with Crippen LogP contribution in [-0.4, -0.2) is 69.2 Å². The van der Waals surface area contributed by atoms with Crippen molar-refractivity contribution in [2.24, 2.45) is 7.05 Å². The van der Waals surface area contributed by atoms with Crippen LogP contribution in [0.2, 0.25) is 0 Å². The Kier molecular flexibility index (Phi) is 4.97. The Bertz CT molecular complexity index is 1200. The molecule has 1 fully saturated rings. The van der Waals surface area contributed by atoms with Gasteiger partial charge in [-0.05, 0) is 24.3 Å². The molecule has 4 heterocycles. The van der Waals surface area contributed by atoms with Gasteiger partial charge in [0.25, 0.3) is 11.8 Å². The molecule has 2 amide bonds. The summed E-state index contributed by atoms with van der Waals surface area (Å²) in [4.78, 5) is 33.5. The predicted octanol–water partition coefficient (Wildman–Crippen LogP) is 2.42. The molecule has 0 aliphatic carbocycles. The predicted molar refractivity (Wildman–Crippen MR) is 119 cm³/mol. The fraction of sp³-hybridized carbons (Fsp3) is 0.417. The second-order valence-electron chi connectivity index (χ2n) is 8.92. The number of benzene rings is 1. The van der Waals surface area contributed by atoms with E-state index in [-0.39, 0.29) is 17.4 Å². The molecule has 0 N–H and O–H groups in total. The highest BCUT2D eigenvalue weighted by molar-refractivity contribution is 6.05. The van der Waals surface area contributed by atoms with Gasteiger partial charge in [-0.3, -0.25) is 19.3 Å². The third-order valence-electron chi connectivity index (χ3n) is 6.73. The zero-order chi connectivity index (χ0) is 22.5. The molecule has 32 heavy (non-hydrogen) atoms. The van der Waals surface area contributed by atoms with Crippen LogP contribution >= 0.6 is 0 Å². The third-order valence-corrected chi connectivity index (χ3v) is 6.73. The molecule has 0 unspecified atom stereocenters. The lowest BCUT2D eigenvalue weighted by atomic mass is 9.83. The first-order valence-corrected chi connectivity index (χ1v) is 10.9. The topological polar surface area (TPSA) is 80.6 Å². The standard InChI is InChI=1S/C24H27N5O3/c1-27(2)22(30)21-18-15-32-24(14-19(18)28(3)26-21)9-12-29(13-10-24)23(31)20-17-7-5-4-6-16(17)8-11-25-20/h4-8,11H,9-10,12-15H2,1-3H3. The van der Waals surface area contributed by atoms with Gasteiger partial charge in [-0.1, -0.05) is 24.3 Å². The summed E-state index contributed by atoms with van der Waals surface area (Å²) in [6.07, 6.45) is 3.87. The number of carbonyl (C=O) groups is 2. The van der Waals surface area contributed by atoms with Gasteiger partial charge in [-0.2, -0.15) is 5.10 Å². The maximum absolute atomic E-state index is 13.2. The van der Waals surface area contributed by atoms with E-state index in [0.717, 1.165) is 34.9 Å². The SMILES string of the molecule is CN(C)C(=O)c1nn(C)c2c1COC1(CCN(C(=O)c3nccc4ccccc34)CC1)C2. The van der Waals surface area contributed by atoms with Crippen LogP contribution in [-0.2, 0) is 24.8 Å². The summed E-state index contributed by atoms with van der Waals surface area (Å²) in [5.41, 5.74) is 2.58. The average Bonchev–Trinajstić information content (AvgIpc) is 3.13. The number of carbonyl (C=O) groups excluding carboxylic acids is 2. The van der Waals surface area contributed by atoms with Crippen LogP contribution in [0.15, 0.2) is 36.5 Å². The van der Waals surface area contributed by atoms with Crippen LogP contribution in [0.25, 0.3) is 10.8 Å². The van der Waals surface area contributed by atoms with Crippen LogP contribution < -0.4 is 0 Å². The Hall–Kier alpha value is -3.26. The summed E-state index contributed by atoms with van der Waals surface area (Å²) >= 11 is 0. The summed E-state index contributed by atoms with van der Waals surface area (Å²) in [6, 6.07) is 9.76. The number of aryl methyl sites for hydroxylation is 1. The summed E-state index contributed by atoms with van der Waals surface area (Å²) in [6.45, 7) is 1.59. The van der Waals surface area contributed by atoms with Crippen molar-refractivity contribution >= 4 is 22.6 Å². The lowest BCUT2D eigenvalue weighted by Gasteiger charge is -2.43. The van der Waals surface area contributed by atoms with E-state index in [9.17, 15) is 9.59 Å². The maximum Gasteiger partial charge on any atom is 0.274 e. The number of fused-ring (bicyclic) bond motifs is 2. The molecule has 1 spiro atoms. The summed E-state index contributed by atoms with van der Waals surface area (Å²) < 4.78 is 8.16. The molecule has 2 aliphatic heterocycles. The van der Waals surface area contributed by atoms with Gasteiger partial charge >= 0.3 is 0 Å². The normalized spacial score (nSPS) is 17.4. The maximum atomic E-state index is 13.2. The molecule has 1 aromatic carbocycles. The van der Waals surface area contributed by atoms with Gasteiger partial charge < -0.3 is 14.5 Å². The van der Waals surface area contributed by atoms with Crippen molar-refractivity contribution in [1.29, 1.82) is 0 Å². The van der Waals surface area contributed by atoms with E-state index in [1.807, 2.05) is 47.0 Å². The van der Waals surface area contributed by atoms with E-state index in [1.165, 1.54) is 0 Å². The highest BCUT2D eigenvalue weighted by Crippen LogP contribution is 2.37. The zero-order valence-electron chi connectivity index (χ0n) is 18.7. The van der Waals surface area contributed by atoms with Crippen molar-refractivity contribution in [2.45, 2.75) is 31.5 Å². The van der Waals surface area contributed by atoms with Crippen molar-refractivity contribution in [3.63, 3.8) is 0 Å². The molecule has 0 saturated carbocycles. The second-order valence-corrected chi connectivity index (χ2v) is 8.92. The lowest BCUT2D eigenvalue weighted by Crippen LogP contribution is -2.51. The minimum absolute atomic E-state index is 0.0347. The van der Waals surface area contributed by atoms with E-state index in [2.05, 4.69) is 10.1 Å². The van der Waals surface area contributed by atoms with Crippen LogP contribution in [0, 0.1) is 0 Å². The van der Waals surface area contributed by atoms with Crippen molar-refractivity contribution in [3.05, 3.63) is 59.2 Å². The van der Waals surface area contributed by atoms with E-state index in [1.54, 1.807) is 25.2 Å². The fourth-order valence-electron chi connectivity index (χ4n) is 4.82. The molecular formula is C24H27N5O3. The summed E-state index contributed by atoms with van der Waals surface area (Å²) in [5.74, 6) is -0.142. The number of pyridine rings is 1. The average molecular weight is 434 g/mol. The summed E-state index contributed by atoms with van der Waals surface area (Å²) in [7, 11) is 5.34. The number of aromatic nitrogens is 3. The number of piperidine rings is 1. The van der Waals surface area contributed by atoms with Crippen molar-refractivity contribution < 1.29 is 14.3 Å². The molecule has 0 atom stereocenters. The minimum atomic E-state index is -0.331. The van der Waals surface area contributed by atoms with Gasteiger partial charge in [0.15, 0.2) is 5.69 Å². The van der Waals surface area contributed by atoms with Gasteiger partial charge in [-0.15, -0.1) is 0 Å². The fourth-order valence-corrected chi connectivity index (χ4v) is 4.82. The lowest BCUT2D eigenvalue weighted by molar-refractivity contribution is -0.0990. The Labute approximate surface area is 186 Å². The van der Waals surface area contributed by atoms with Gasteiger partial charge in [0.1, 0.15) is 5.69 Å². The van der Waals surface area contributed by atoms with Crippen LogP contribution in [0.3, 0.4) is 0 Å². The van der Waals surface area contributed by atoms with E-state index >= 15 is 0 Å². The number of likely N-dealkylation sites (tertiary alicyclic amines) is 1. The Balaban J connectivity index is 1.33. The molecule has 8 heteroatoms. The molecule has 2 aliphatic rings. The summed E-state index contributed by atoms with van der Waals surface area (Å²) in [5, 5.41) is 6.37. The molecule has 3 aromatic rings. The number of hydrogen-bond donors (Lipinski definition) is 0. The van der Waals surface area contributed by atoms with Gasteiger partial charge in [0.05, 0.1) is 12.2 Å². The quantitative estimate of drug-likeness (QED) is 0.620. The number of rotatable bonds is 2. The van der Waals surface area contributed by atoms with E-state index in [4.69, 9.17) is 4.74 Å². The van der Waals surface area contributed by atoms with Gasteiger partial charge in [-0.25, -0.2) is 0 Å². The number of ether oxygens (including phenoxy) is 1. The van der Waals surface area contributed by atoms with Gasteiger partial charge in [0.2, 0.25) is 0 Å². The molecule has 166 valence electrons. The second kappa shape index (κ2) is 7.70. The molecule has 8 nitrogen and oxygen atoms in total. The monoisotopic (exact) mass is 433 g/mol. The molecule has 0 radical (unpaired) electrons. The zero-order valence-corrected chi connectivity index (χ0v) is 18.7. The smallest absolute Gasteiger partial charge is 0.274 e. The Morgan fingerprint density at radius 2 is 1.84 bits per heavy atom. The first-order valence-electron chi connectivity index (χ1n) is 10.9. The molecular weight excluding hydrogens is 406 g/mol. The largest absolute Gasteiger partial charge is 0.370 e. The van der Waals surface area contributed by atoms with E-state index in [0.29, 0.717) is 37.5 Å². The van der Waals surface area contributed by atoms with Crippen molar-refractivity contribution in [2.75, 3.05) is 27.2 Å². The highest BCUT2D eigenvalue weighted by atomic mass is 16.5. The molecule has 1 saturated heterocycles. The first kappa shape index (κ1) is 20.6. The first-order chi connectivity index (χ1) is 15.4. The van der Waals surface area contributed by atoms with Crippen molar-refractivity contribution in [3.8, 4) is 0 Å². The molecule has 5 rings (SSSR count). The Morgan fingerprint density at radius 1 is 1.09 bits per heavy atom. The number of amides is 2. The van der Waals surface area contributed by atoms with Crippen LogP contribution in [0.5, 0.6) is 0 Å². The number of hydrogen-bond acceptors (Lipinski definition) is 5. The molecule has 0 bridgehead atoms. The van der Waals surface area contributed by atoms with E-state index < -0.39 is 0 Å². The van der Waals surface area contributed by atoms with Crippen LogP contribution in [0.1, 0.15) is 45.1 Å². The highest BCUT2D eigenvalue weighted by Gasteiger charge is 2.43. The molecule has 2 aromatic heterocycles. The van der Waals surface area contributed by atoms with Crippen LogP contribution in [0.4, 0.5) is 0 Å². The van der Waals surface area contributed by atoms with Crippen molar-refractivity contribution in [1.82, 2.24) is 24.6 Å². The minimum Gasteiger partial charge on any atom is -0.370 e.